The summed E-state index contributed by atoms with van der Waals surface area (Å²) < 4.78 is 0. The molecular weight excluding hydrogens is 300 g/mol. The smallest absolute Gasteiger partial charge is 0.137 e. The third-order valence-corrected chi connectivity index (χ3v) is 5.04. The Kier molecular flexibility index (Phi) is 3.91. The SMILES string of the molecule is Cc1csc(C(C)Nc2nc3c(cc2C(N)=S)CCC3)n1. The van der Waals surface area contributed by atoms with Gasteiger partial charge < -0.3 is 11.1 Å². The molecule has 1 atom stereocenters. The number of nitrogens with one attached hydrogen (secondary N) is 1. The van der Waals surface area contributed by atoms with Gasteiger partial charge in [0.15, 0.2) is 0 Å². The van der Waals surface area contributed by atoms with Crippen molar-refractivity contribution in [1.29, 1.82) is 0 Å². The standard InChI is InChI=1S/C15H18N4S2/c1-8-7-21-15(17-8)9(2)18-14-11(13(16)20)6-10-4-3-5-12(10)19-14/h6-7,9H,3-5H2,1-2H3,(H2,16,20)(H,18,19). The van der Waals surface area contributed by atoms with Gasteiger partial charge in [0.1, 0.15) is 15.8 Å². The van der Waals surface area contributed by atoms with Crippen LogP contribution in [0.1, 0.15) is 46.9 Å². The zero-order chi connectivity index (χ0) is 15.0. The number of nitrogens with two attached hydrogens (primary N) is 1. The lowest BCUT2D eigenvalue weighted by Gasteiger charge is -2.16. The van der Waals surface area contributed by atoms with Crippen LogP contribution >= 0.6 is 23.6 Å². The molecule has 0 saturated carbocycles. The summed E-state index contributed by atoms with van der Waals surface area (Å²) in [5, 5.41) is 6.52. The fraction of sp³-hybridized carbons (Fsp3) is 0.400. The van der Waals surface area contributed by atoms with Gasteiger partial charge in [0, 0.05) is 16.8 Å². The number of nitrogens with zero attached hydrogens (tertiary/aromatic N) is 2. The van der Waals surface area contributed by atoms with Crippen LogP contribution in [0.5, 0.6) is 0 Å². The molecular formula is C15H18N4S2. The summed E-state index contributed by atoms with van der Waals surface area (Å²) in [6.45, 7) is 4.08. The van der Waals surface area contributed by atoms with E-state index in [0.717, 1.165) is 41.3 Å². The van der Waals surface area contributed by atoms with Crippen molar-refractivity contribution in [2.75, 3.05) is 5.32 Å². The van der Waals surface area contributed by atoms with Crippen molar-refractivity contribution in [1.82, 2.24) is 9.97 Å². The molecule has 0 radical (unpaired) electrons. The van der Waals surface area contributed by atoms with E-state index in [1.54, 1.807) is 11.3 Å². The van der Waals surface area contributed by atoms with Gasteiger partial charge >= 0.3 is 0 Å². The van der Waals surface area contributed by atoms with Crippen molar-refractivity contribution in [3.63, 3.8) is 0 Å². The summed E-state index contributed by atoms with van der Waals surface area (Å²) in [6.07, 6.45) is 3.26. The number of anilines is 1. The van der Waals surface area contributed by atoms with Gasteiger partial charge in [-0.1, -0.05) is 12.2 Å². The fourth-order valence-corrected chi connectivity index (χ4v) is 3.57. The number of rotatable bonds is 4. The molecule has 6 heteroatoms. The normalized spacial score (nSPS) is 14.8. The first-order valence-electron chi connectivity index (χ1n) is 7.05. The summed E-state index contributed by atoms with van der Waals surface area (Å²) >= 11 is 6.83. The number of pyridine rings is 1. The zero-order valence-electron chi connectivity index (χ0n) is 12.1. The van der Waals surface area contributed by atoms with E-state index >= 15 is 0 Å². The molecule has 21 heavy (non-hydrogen) atoms. The molecule has 0 aromatic carbocycles. The highest BCUT2D eigenvalue weighted by Gasteiger charge is 2.19. The van der Waals surface area contributed by atoms with Crippen LogP contribution in [-0.4, -0.2) is 15.0 Å². The van der Waals surface area contributed by atoms with E-state index in [1.807, 2.05) is 6.92 Å². The van der Waals surface area contributed by atoms with Gasteiger partial charge in [-0.05, 0) is 44.7 Å². The van der Waals surface area contributed by atoms with Gasteiger partial charge in [0.05, 0.1) is 11.6 Å². The Balaban J connectivity index is 1.92. The average Bonchev–Trinajstić information content (AvgIpc) is 3.05. The predicted octanol–water partition coefficient (Wildman–Crippen LogP) is 3.14. The van der Waals surface area contributed by atoms with Gasteiger partial charge in [0.25, 0.3) is 0 Å². The second kappa shape index (κ2) is 5.69. The molecule has 4 nitrogen and oxygen atoms in total. The molecule has 0 fully saturated rings. The van der Waals surface area contributed by atoms with Gasteiger partial charge in [-0.2, -0.15) is 0 Å². The van der Waals surface area contributed by atoms with Crippen molar-refractivity contribution in [3.8, 4) is 0 Å². The molecule has 110 valence electrons. The first-order valence-corrected chi connectivity index (χ1v) is 8.34. The van der Waals surface area contributed by atoms with E-state index < -0.39 is 0 Å². The van der Waals surface area contributed by atoms with E-state index in [2.05, 4.69) is 28.7 Å². The fourth-order valence-electron chi connectivity index (χ4n) is 2.61. The number of aryl methyl sites for hydroxylation is 3. The Hall–Kier alpha value is -1.53. The van der Waals surface area contributed by atoms with E-state index in [4.69, 9.17) is 22.9 Å². The average molecular weight is 318 g/mol. The lowest BCUT2D eigenvalue weighted by atomic mass is 10.1. The largest absolute Gasteiger partial charge is 0.389 e. The van der Waals surface area contributed by atoms with Gasteiger partial charge in [-0.15, -0.1) is 11.3 Å². The molecule has 0 aliphatic heterocycles. The molecule has 2 aromatic rings. The van der Waals surface area contributed by atoms with Crippen LogP contribution in [0.3, 0.4) is 0 Å². The van der Waals surface area contributed by atoms with Crippen LogP contribution in [0, 0.1) is 6.92 Å². The highest BCUT2D eigenvalue weighted by molar-refractivity contribution is 7.80. The van der Waals surface area contributed by atoms with Crippen LogP contribution in [0.4, 0.5) is 5.82 Å². The quantitative estimate of drug-likeness (QED) is 0.848. The van der Waals surface area contributed by atoms with Crippen LogP contribution in [-0.2, 0) is 12.8 Å². The summed E-state index contributed by atoms with van der Waals surface area (Å²) in [7, 11) is 0. The molecule has 1 aliphatic carbocycles. The number of aromatic nitrogens is 2. The minimum absolute atomic E-state index is 0.0868. The lowest BCUT2D eigenvalue weighted by molar-refractivity contribution is 0.849. The molecule has 1 aliphatic rings. The minimum atomic E-state index is 0.0868. The Bertz CT molecular complexity index is 693. The van der Waals surface area contributed by atoms with Crippen molar-refractivity contribution in [3.05, 3.63) is 39.0 Å². The molecule has 1 unspecified atom stereocenters. The van der Waals surface area contributed by atoms with E-state index in [-0.39, 0.29) is 6.04 Å². The molecule has 0 bridgehead atoms. The maximum atomic E-state index is 5.87. The number of thiazole rings is 1. The molecule has 0 spiro atoms. The van der Waals surface area contributed by atoms with Crippen LogP contribution < -0.4 is 11.1 Å². The monoisotopic (exact) mass is 318 g/mol. The summed E-state index contributed by atoms with van der Waals surface area (Å²) in [5.74, 6) is 0.781. The van der Waals surface area contributed by atoms with Crippen molar-refractivity contribution in [2.24, 2.45) is 5.73 Å². The number of hydrogen-bond acceptors (Lipinski definition) is 5. The van der Waals surface area contributed by atoms with E-state index in [1.165, 1.54) is 11.3 Å². The Morgan fingerprint density at radius 3 is 2.90 bits per heavy atom. The van der Waals surface area contributed by atoms with Crippen molar-refractivity contribution >= 4 is 34.4 Å². The third-order valence-electron chi connectivity index (χ3n) is 3.68. The molecule has 3 N–H and O–H groups in total. The van der Waals surface area contributed by atoms with Gasteiger partial charge in [0.2, 0.25) is 0 Å². The van der Waals surface area contributed by atoms with Crippen LogP contribution in [0.25, 0.3) is 0 Å². The Labute approximate surface area is 133 Å². The highest BCUT2D eigenvalue weighted by Crippen LogP contribution is 2.28. The molecule has 0 amide bonds. The maximum absolute atomic E-state index is 5.87. The predicted molar refractivity (Wildman–Crippen MR) is 91.0 cm³/mol. The third kappa shape index (κ3) is 2.91. The minimum Gasteiger partial charge on any atom is -0.389 e. The highest BCUT2D eigenvalue weighted by atomic mass is 32.1. The molecule has 2 aromatic heterocycles. The summed E-state index contributed by atoms with van der Waals surface area (Å²) in [6, 6.07) is 2.18. The maximum Gasteiger partial charge on any atom is 0.137 e. The Morgan fingerprint density at radius 2 is 2.24 bits per heavy atom. The van der Waals surface area contributed by atoms with Crippen LogP contribution in [0.15, 0.2) is 11.4 Å². The second-order valence-corrected chi connectivity index (χ2v) is 6.73. The van der Waals surface area contributed by atoms with Crippen molar-refractivity contribution in [2.45, 2.75) is 39.2 Å². The number of thiocarbonyl (C=S) groups is 1. The second-order valence-electron chi connectivity index (χ2n) is 5.40. The summed E-state index contributed by atoms with van der Waals surface area (Å²) in [5.41, 5.74) is 10.2. The lowest BCUT2D eigenvalue weighted by Crippen LogP contribution is -2.17. The Morgan fingerprint density at radius 1 is 1.43 bits per heavy atom. The van der Waals surface area contributed by atoms with Crippen molar-refractivity contribution < 1.29 is 0 Å². The number of hydrogen-bond donors (Lipinski definition) is 2. The van der Waals surface area contributed by atoms with E-state index in [0.29, 0.717) is 4.99 Å². The zero-order valence-corrected chi connectivity index (χ0v) is 13.8. The number of fused-ring (bicyclic) bond motifs is 1. The summed E-state index contributed by atoms with van der Waals surface area (Å²) in [4.78, 5) is 9.65. The first-order chi connectivity index (χ1) is 10.0. The van der Waals surface area contributed by atoms with Gasteiger partial charge in [-0.25, -0.2) is 9.97 Å². The van der Waals surface area contributed by atoms with E-state index in [9.17, 15) is 0 Å². The first kappa shape index (κ1) is 14.4. The molecule has 2 heterocycles. The van der Waals surface area contributed by atoms with Gasteiger partial charge in [-0.3, -0.25) is 0 Å². The molecule has 3 rings (SSSR count). The van der Waals surface area contributed by atoms with Crippen LogP contribution in [0.2, 0.25) is 0 Å². The molecule has 0 saturated heterocycles. The topological polar surface area (TPSA) is 63.8 Å².